The average Bonchev–Trinajstić information content (AvgIpc) is 3.45. The van der Waals surface area contributed by atoms with E-state index in [1.54, 1.807) is 19.2 Å². The number of hydrogen-bond donors (Lipinski definition) is 1. The van der Waals surface area contributed by atoms with Gasteiger partial charge in [0, 0.05) is 25.8 Å². The molecule has 1 N–H and O–H groups in total. The number of likely N-dealkylation sites (N-methyl/N-ethyl adjacent to an activating group) is 1. The molecule has 0 aliphatic heterocycles. The van der Waals surface area contributed by atoms with Gasteiger partial charge in [-0.15, -0.1) is 0 Å². The molecule has 1 aliphatic carbocycles. The first-order valence-electron chi connectivity index (χ1n) is 8.29. The normalized spacial score (nSPS) is 13.2. The number of anilines is 1. The highest BCUT2D eigenvalue weighted by atomic mass is 16.5. The van der Waals surface area contributed by atoms with E-state index in [-0.39, 0.29) is 12.5 Å². The van der Waals surface area contributed by atoms with Gasteiger partial charge in [0.15, 0.2) is 6.61 Å². The van der Waals surface area contributed by atoms with Crippen molar-refractivity contribution >= 4 is 17.7 Å². The maximum absolute atomic E-state index is 12.1. The van der Waals surface area contributed by atoms with Gasteiger partial charge in [0.05, 0.1) is 5.56 Å². The van der Waals surface area contributed by atoms with Gasteiger partial charge in [-0.2, -0.15) is 0 Å². The molecule has 1 aliphatic rings. The summed E-state index contributed by atoms with van der Waals surface area (Å²) < 4.78 is 5.09. The highest BCUT2D eigenvalue weighted by Gasteiger charge is 2.21. The van der Waals surface area contributed by atoms with Crippen LogP contribution in [0, 0.1) is 0 Å². The van der Waals surface area contributed by atoms with E-state index in [9.17, 15) is 9.59 Å². The van der Waals surface area contributed by atoms with Crippen molar-refractivity contribution < 1.29 is 14.3 Å². The molecule has 0 saturated heterocycles. The summed E-state index contributed by atoms with van der Waals surface area (Å²) >= 11 is 0. The van der Waals surface area contributed by atoms with Crippen LogP contribution in [0.4, 0.5) is 5.82 Å². The van der Waals surface area contributed by atoms with Crippen molar-refractivity contribution in [1.29, 1.82) is 0 Å². The van der Waals surface area contributed by atoms with E-state index in [0.717, 1.165) is 24.2 Å². The largest absolute Gasteiger partial charge is 0.452 e. The first-order valence-corrected chi connectivity index (χ1v) is 8.29. The lowest BCUT2D eigenvalue weighted by Crippen LogP contribution is -2.30. The first kappa shape index (κ1) is 17.0. The van der Waals surface area contributed by atoms with Gasteiger partial charge in [0.25, 0.3) is 5.91 Å². The molecule has 6 heteroatoms. The summed E-state index contributed by atoms with van der Waals surface area (Å²) in [6.07, 6.45) is 3.78. The van der Waals surface area contributed by atoms with Crippen LogP contribution in [-0.2, 0) is 16.1 Å². The van der Waals surface area contributed by atoms with Crippen molar-refractivity contribution in [3.8, 4) is 0 Å². The fourth-order valence-electron chi connectivity index (χ4n) is 2.30. The molecule has 0 spiro atoms. The van der Waals surface area contributed by atoms with Gasteiger partial charge in [-0.1, -0.05) is 30.3 Å². The molecule has 0 bridgehead atoms. The predicted molar refractivity (Wildman–Crippen MR) is 94.1 cm³/mol. The van der Waals surface area contributed by atoms with Crippen molar-refractivity contribution in [2.24, 2.45) is 0 Å². The lowest BCUT2D eigenvalue weighted by atomic mass is 10.2. The standard InChI is InChI=1S/C19H21N3O3/c1-22(12-14-5-3-2-4-6-14)18(23)13-25-19(24)15-7-10-17(20-11-15)21-16-8-9-16/h2-7,10-11,16H,8-9,12-13H2,1H3,(H,20,21). The number of ether oxygens (including phenoxy) is 1. The molecular formula is C19H21N3O3. The Hall–Kier alpha value is -2.89. The van der Waals surface area contributed by atoms with E-state index >= 15 is 0 Å². The molecular weight excluding hydrogens is 318 g/mol. The summed E-state index contributed by atoms with van der Waals surface area (Å²) in [7, 11) is 1.68. The minimum Gasteiger partial charge on any atom is -0.452 e. The number of amides is 1. The van der Waals surface area contributed by atoms with E-state index in [2.05, 4.69) is 10.3 Å². The number of esters is 1. The van der Waals surface area contributed by atoms with Crippen molar-refractivity contribution in [3.63, 3.8) is 0 Å². The van der Waals surface area contributed by atoms with E-state index in [4.69, 9.17) is 4.74 Å². The molecule has 1 amide bonds. The van der Waals surface area contributed by atoms with Crippen LogP contribution in [0.5, 0.6) is 0 Å². The number of nitrogens with zero attached hydrogens (tertiary/aromatic N) is 2. The Kier molecular flexibility index (Phi) is 5.28. The fraction of sp³-hybridized carbons (Fsp3) is 0.316. The number of nitrogens with one attached hydrogen (secondary N) is 1. The van der Waals surface area contributed by atoms with Gasteiger partial charge in [-0.05, 0) is 30.5 Å². The third kappa shape index (κ3) is 5.04. The summed E-state index contributed by atoms with van der Waals surface area (Å²) in [5, 5.41) is 3.25. The summed E-state index contributed by atoms with van der Waals surface area (Å²) in [5.41, 5.74) is 1.35. The molecule has 1 saturated carbocycles. The zero-order valence-corrected chi connectivity index (χ0v) is 14.1. The van der Waals surface area contributed by atoms with Gasteiger partial charge in [-0.25, -0.2) is 9.78 Å². The second-order valence-corrected chi connectivity index (χ2v) is 6.16. The predicted octanol–water partition coefficient (Wildman–Crippen LogP) is 2.47. The molecule has 2 aromatic rings. The number of pyridine rings is 1. The molecule has 130 valence electrons. The molecule has 6 nitrogen and oxygen atoms in total. The molecule has 3 rings (SSSR count). The van der Waals surface area contributed by atoms with Crippen molar-refractivity contribution in [1.82, 2.24) is 9.88 Å². The lowest BCUT2D eigenvalue weighted by molar-refractivity contribution is -0.133. The molecule has 1 heterocycles. The molecule has 1 fully saturated rings. The smallest absolute Gasteiger partial charge is 0.340 e. The van der Waals surface area contributed by atoms with Gasteiger partial charge >= 0.3 is 5.97 Å². The molecule has 25 heavy (non-hydrogen) atoms. The number of rotatable bonds is 7. The van der Waals surface area contributed by atoms with Crippen LogP contribution in [0.2, 0.25) is 0 Å². The van der Waals surface area contributed by atoms with Crippen LogP contribution < -0.4 is 5.32 Å². The van der Waals surface area contributed by atoms with Crippen LogP contribution in [0.1, 0.15) is 28.8 Å². The van der Waals surface area contributed by atoms with Gasteiger partial charge in [0.1, 0.15) is 5.82 Å². The van der Waals surface area contributed by atoms with E-state index in [0.29, 0.717) is 18.2 Å². The van der Waals surface area contributed by atoms with Crippen LogP contribution in [0.25, 0.3) is 0 Å². The maximum Gasteiger partial charge on any atom is 0.340 e. The zero-order chi connectivity index (χ0) is 17.6. The third-order valence-corrected chi connectivity index (χ3v) is 3.94. The third-order valence-electron chi connectivity index (χ3n) is 3.94. The number of aromatic nitrogens is 1. The minimum atomic E-state index is -0.549. The van der Waals surface area contributed by atoms with Crippen molar-refractivity contribution in [3.05, 3.63) is 59.8 Å². The second kappa shape index (κ2) is 7.79. The molecule has 0 unspecified atom stereocenters. The number of carbonyl (C=O) groups is 2. The number of benzene rings is 1. The maximum atomic E-state index is 12.1. The Morgan fingerprint density at radius 2 is 1.96 bits per heavy atom. The van der Waals surface area contributed by atoms with Crippen LogP contribution in [0.3, 0.4) is 0 Å². The lowest BCUT2D eigenvalue weighted by Gasteiger charge is -2.17. The Balaban J connectivity index is 1.46. The van der Waals surface area contributed by atoms with Crippen LogP contribution >= 0.6 is 0 Å². The van der Waals surface area contributed by atoms with E-state index in [1.807, 2.05) is 30.3 Å². The van der Waals surface area contributed by atoms with Crippen molar-refractivity contribution in [2.45, 2.75) is 25.4 Å². The number of hydrogen-bond acceptors (Lipinski definition) is 5. The van der Waals surface area contributed by atoms with E-state index in [1.165, 1.54) is 11.1 Å². The van der Waals surface area contributed by atoms with Gasteiger partial charge in [0.2, 0.25) is 0 Å². The minimum absolute atomic E-state index is 0.253. The Morgan fingerprint density at radius 1 is 1.20 bits per heavy atom. The monoisotopic (exact) mass is 339 g/mol. The summed E-state index contributed by atoms with van der Waals surface area (Å²) in [4.78, 5) is 29.8. The van der Waals surface area contributed by atoms with Gasteiger partial charge < -0.3 is 15.0 Å². The Bertz CT molecular complexity index is 727. The highest BCUT2D eigenvalue weighted by molar-refractivity contribution is 5.91. The second-order valence-electron chi connectivity index (χ2n) is 6.16. The highest BCUT2D eigenvalue weighted by Crippen LogP contribution is 2.23. The molecule has 0 atom stereocenters. The van der Waals surface area contributed by atoms with Gasteiger partial charge in [-0.3, -0.25) is 4.79 Å². The number of carbonyl (C=O) groups excluding carboxylic acids is 2. The fourth-order valence-corrected chi connectivity index (χ4v) is 2.30. The molecule has 1 aromatic carbocycles. The average molecular weight is 339 g/mol. The first-order chi connectivity index (χ1) is 12.1. The van der Waals surface area contributed by atoms with Crippen LogP contribution in [0.15, 0.2) is 48.7 Å². The van der Waals surface area contributed by atoms with Crippen LogP contribution in [-0.4, -0.2) is 41.5 Å². The van der Waals surface area contributed by atoms with E-state index < -0.39 is 5.97 Å². The van der Waals surface area contributed by atoms with Crippen molar-refractivity contribution in [2.75, 3.05) is 19.0 Å². The summed E-state index contributed by atoms with van der Waals surface area (Å²) in [6, 6.07) is 13.5. The Morgan fingerprint density at radius 3 is 2.60 bits per heavy atom. The molecule has 1 aromatic heterocycles. The Labute approximate surface area is 146 Å². The SMILES string of the molecule is CN(Cc1ccccc1)C(=O)COC(=O)c1ccc(NC2CC2)nc1. The summed E-state index contributed by atoms with van der Waals surface area (Å²) in [6.45, 7) is 0.185. The molecule has 0 radical (unpaired) electrons. The quantitative estimate of drug-likeness (QED) is 0.785. The summed E-state index contributed by atoms with van der Waals surface area (Å²) in [5.74, 6) is -0.0539. The zero-order valence-electron chi connectivity index (χ0n) is 14.1. The topological polar surface area (TPSA) is 71.5 Å².